The molecule has 2 heterocycles. The average molecular weight is 449 g/mol. The molecule has 3 N–H and O–H groups in total. The van der Waals surface area contributed by atoms with Crippen LogP contribution in [0.15, 0.2) is 52.6 Å². The lowest BCUT2D eigenvalue weighted by molar-refractivity contribution is 0.114. The molecule has 0 amide bonds. The predicted molar refractivity (Wildman–Crippen MR) is 120 cm³/mol. The largest absolute Gasteiger partial charge is 0.377 e. The van der Waals surface area contributed by atoms with Gasteiger partial charge >= 0.3 is 0 Å². The molecule has 0 bridgehead atoms. The van der Waals surface area contributed by atoms with E-state index in [1.807, 2.05) is 23.9 Å². The van der Waals surface area contributed by atoms with Crippen molar-refractivity contribution in [2.75, 3.05) is 26.2 Å². The number of guanidine groups is 1. The first-order valence-electron chi connectivity index (χ1n) is 10.8. The molecule has 1 saturated heterocycles. The molecule has 1 fully saturated rings. The Balaban J connectivity index is 1.48. The highest BCUT2D eigenvalue weighted by molar-refractivity contribution is 7.89. The van der Waals surface area contributed by atoms with Gasteiger partial charge in [0.1, 0.15) is 0 Å². The summed E-state index contributed by atoms with van der Waals surface area (Å²) >= 11 is 0. The quantitative estimate of drug-likeness (QED) is 0.273. The third kappa shape index (κ3) is 7.64. The minimum Gasteiger partial charge on any atom is -0.377 e. The van der Waals surface area contributed by atoms with E-state index in [1.54, 1.807) is 30.5 Å². The molecule has 1 unspecified atom stereocenters. The summed E-state index contributed by atoms with van der Waals surface area (Å²) < 4.78 is 34.9. The minimum absolute atomic E-state index is 0.0279. The standard InChI is InChI=1S/C21H32N6O3S/c1-2-22-21(23-11-4-13-27-14-5-12-25-27)24-16-18-7-9-20(10-8-18)31(28,29)26-17-19-6-3-15-30-19/h5,7-10,12,14,19,26H,2-4,6,11,13,15-17H2,1H3,(H2,22,23,24). The lowest BCUT2D eigenvalue weighted by Crippen LogP contribution is -2.38. The van der Waals surface area contributed by atoms with Gasteiger partial charge in [0.05, 0.1) is 17.5 Å². The highest BCUT2D eigenvalue weighted by Crippen LogP contribution is 2.14. The fourth-order valence-electron chi connectivity index (χ4n) is 3.26. The van der Waals surface area contributed by atoms with Crippen LogP contribution in [0.4, 0.5) is 0 Å². The molecule has 1 atom stereocenters. The van der Waals surface area contributed by atoms with Crippen molar-refractivity contribution in [3.05, 3.63) is 48.3 Å². The van der Waals surface area contributed by atoms with Crippen LogP contribution in [0.2, 0.25) is 0 Å². The van der Waals surface area contributed by atoms with Crippen molar-refractivity contribution in [3.8, 4) is 0 Å². The van der Waals surface area contributed by atoms with Crippen LogP contribution >= 0.6 is 0 Å². The highest BCUT2D eigenvalue weighted by Gasteiger charge is 2.20. The Morgan fingerprint density at radius 3 is 2.81 bits per heavy atom. The zero-order valence-corrected chi connectivity index (χ0v) is 18.8. The van der Waals surface area contributed by atoms with Gasteiger partial charge in [-0.1, -0.05) is 12.1 Å². The second-order valence-electron chi connectivity index (χ2n) is 7.38. The molecule has 1 aromatic heterocycles. The first-order chi connectivity index (χ1) is 15.1. The van der Waals surface area contributed by atoms with Gasteiger partial charge in [0.2, 0.25) is 10.0 Å². The highest BCUT2D eigenvalue weighted by atomic mass is 32.2. The molecule has 3 rings (SSSR count). The van der Waals surface area contributed by atoms with Crippen molar-refractivity contribution in [2.45, 2.75) is 50.3 Å². The zero-order valence-electron chi connectivity index (χ0n) is 18.0. The Labute approximate surface area is 184 Å². The van der Waals surface area contributed by atoms with E-state index in [0.29, 0.717) is 19.7 Å². The molecule has 2 aromatic rings. The van der Waals surface area contributed by atoms with Crippen LogP contribution in [-0.2, 0) is 27.8 Å². The maximum atomic E-state index is 12.5. The Bertz CT molecular complexity index is 907. The van der Waals surface area contributed by atoms with Gasteiger partial charge in [-0.15, -0.1) is 0 Å². The molecular formula is C21H32N6O3S. The van der Waals surface area contributed by atoms with Gasteiger partial charge in [0.15, 0.2) is 5.96 Å². The van der Waals surface area contributed by atoms with Crippen LogP contribution in [-0.4, -0.2) is 56.5 Å². The van der Waals surface area contributed by atoms with Gasteiger partial charge < -0.3 is 15.4 Å². The summed E-state index contributed by atoms with van der Waals surface area (Å²) in [6, 6.07) is 8.74. The van der Waals surface area contributed by atoms with Gasteiger partial charge in [-0.2, -0.15) is 5.10 Å². The first-order valence-corrected chi connectivity index (χ1v) is 12.2. The average Bonchev–Trinajstić information content (AvgIpc) is 3.48. The molecule has 1 aliphatic heterocycles. The van der Waals surface area contributed by atoms with E-state index in [1.165, 1.54) is 0 Å². The van der Waals surface area contributed by atoms with Gasteiger partial charge in [-0.25, -0.2) is 18.1 Å². The van der Waals surface area contributed by atoms with Crippen LogP contribution in [0, 0.1) is 0 Å². The SMILES string of the molecule is CCNC(=NCc1ccc(S(=O)(=O)NCC2CCCO2)cc1)NCCCn1cccn1. The van der Waals surface area contributed by atoms with Crippen LogP contribution in [0.5, 0.6) is 0 Å². The molecule has 1 aliphatic rings. The van der Waals surface area contributed by atoms with Crippen LogP contribution in [0.3, 0.4) is 0 Å². The van der Waals surface area contributed by atoms with Crippen LogP contribution in [0.25, 0.3) is 0 Å². The van der Waals surface area contributed by atoms with Crippen LogP contribution in [0.1, 0.15) is 31.7 Å². The second kappa shape index (κ2) is 11.8. The third-order valence-electron chi connectivity index (χ3n) is 4.94. The van der Waals surface area contributed by atoms with Gasteiger partial charge in [-0.3, -0.25) is 4.68 Å². The minimum atomic E-state index is -3.54. The van der Waals surface area contributed by atoms with E-state index in [-0.39, 0.29) is 11.0 Å². The van der Waals surface area contributed by atoms with Crippen molar-refractivity contribution >= 4 is 16.0 Å². The van der Waals surface area contributed by atoms with Gasteiger partial charge in [0, 0.05) is 45.2 Å². The maximum absolute atomic E-state index is 12.5. The summed E-state index contributed by atoms with van der Waals surface area (Å²) in [6.07, 6.45) is 6.49. The number of hydrogen-bond acceptors (Lipinski definition) is 5. The zero-order chi connectivity index (χ0) is 21.9. The van der Waals surface area contributed by atoms with E-state index in [2.05, 4.69) is 25.4 Å². The van der Waals surface area contributed by atoms with E-state index >= 15 is 0 Å². The smallest absolute Gasteiger partial charge is 0.240 e. The summed E-state index contributed by atoms with van der Waals surface area (Å²) in [5.41, 5.74) is 0.937. The summed E-state index contributed by atoms with van der Waals surface area (Å²) in [5.74, 6) is 0.734. The number of rotatable bonds is 11. The molecule has 10 heteroatoms. The molecule has 0 radical (unpaired) electrons. The Morgan fingerprint density at radius 1 is 1.29 bits per heavy atom. The molecule has 0 saturated carbocycles. The Hall–Kier alpha value is -2.43. The molecule has 0 aliphatic carbocycles. The third-order valence-corrected chi connectivity index (χ3v) is 6.38. The fraction of sp³-hybridized carbons (Fsp3) is 0.524. The summed E-state index contributed by atoms with van der Waals surface area (Å²) in [5, 5.41) is 10.7. The maximum Gasteiger partial charge on any atom is 0.240 e. The predicted octanol–water partition coefficient (Wildman–Crippen LogP) is 1.49. The number of aryl methyl sites for hydroxylation is 1. The number of nitrogens with zero attached hydrogens (tertiary/aromatic N) is 3. The number of nitrogens with one attached hydrogen (secondary N) is 3. The van der Waals surface area contributed by atoms with Crippen molar-refractivity contribution in [1.82, 2.24) is 25.1 Å². The molecular weight excluding hydrogens is 416 g/mol. The van der Waals surface area contributed by atoms with Gasteiger partial charge in [0.25, 0.3) is 0 Å². The van der Waals surface area contributed by atoms with Gasteiger partial charge in [-0.05, 0) is 49.9 Å². The Morgan fingerprint density at radius 2 is 2.13 bits per heavy atom. The summed E-state index contributed by atoms with van der Waals surface area (Å²) in [4.78, 5) is 4.84. The van der Waals surface area contributed by atoms with E-state index in [9.17, 15) is 8.42 Å². The molecule has 0 spiro atoms. The van der Waals surface area contributed by atoms with E-state index in [4.69, 9.17) is 4.74 Å². The number of aliphatic imine (C=N–C) groups is 1. The summed E-state index contributed by atoms with van der Waals surface area (Å²) in [6.45, 7) is 5.87. The molecule has 170 valence electrons. The molecule has 9 nitrogen and oxygen atoms in total. The first kappa shape index (κ1) is 23.2. The van der Waals surface area contributed by atoms with E-state index in [0.717, 1.165) is 50.4 Å². The van der Waals surface area contributed by atoms with Crippen molar-refractivity contribution < 1.29 is 13.2 Å². The monoisotopic (exact) mass is 448 g/mol. The second-order valence-corrected chi connectivity index (χ2v) is 9.14. The van der Waals surface area contributed by atoms with Crippen molar-refractivity contribution in [2.24, 2.45) is 4.99 Å². The number of ether oxygens (including phenoxy) is 1. The number of benzene rings is 1. The fourth-order valence-corrected chi connectivity index (χ4v) is 4.32. The number of hydrogen-bond donors (Lipinski definition) is 3. The number of sulfonamides is 1. The van der Waals surface area contributed by atoms with Crippen LogP contribution < -0.4 is 15.4 Å². The van der Waals surface area contributed by atoms with Crippen molar-refractivity contribution in [1.29, 1.82) is 0 Å². The summed E-state index contributed by atoms with van der Waals surface area (Å²) in [7, 11) is -3.54. The lowest BCUT2D eigenvalue weighted by Gasteiger charge is -2.12. The van der Waals surface area contributed by atoms with E-state index < -0.39 is 10.0 Å². The number of aromatic nitrogens is 2. The lowest BCUT2D eigenvalue weighted by atomic mass is 10.2. The van der Waals surface area contributed by atoms with Crippen molar-refractivity contribution in [3.63, 3.8) is 0 Å². The molecule has 1 aromatic carbocycles. The Kier molecular flexibility index (Phi) is 8.86. The topological polar surface area (TPSA) is 110 Å². The normalized spacial score (nSPS) is 17.1. The molecule has 31 heavy (non-hydrogen) atoms.